The lowest BCUT2D eigenvalue weighted by Gasteiger charge is -2.22. The molecule has 0 amide bonds. The molecule has 3 nitrogen and oxygen atoms in total. The van der Waals surface area contributed by atoms with Gasteiger partial charge < -0.3 is 9.88 Å². The molecule has 1 unspecified atom stereocenters. The number of halogens is 1. The van der Waals surface area contributed by atoms with Crippen LogP contribution in [0.15, 0.2) is 35.1 Å². The molecule has 0 bridgehead atoms. The van der Waals surface area contributed by atoms with Crippen LogP contribution in [-0.2, 0) is 6.54 Å². The number of hydrogen-bond donors (Lipinski definition) is 1. The van der Waals surface area contributed by atoms with E-state index in [1.807, 2.05) is 6.20 Å². The summed E-state index contributed by atoms with van der Waals surface area (Å²) in [6.07, 6.45) is 6.20. The Morgan fingerprint density at radius 1 is 1.29 bits per heavy atom. The van der Waals surface area contributed by atoms with Gasteiger partial charge >= 0.3 is 0 Å². The van der Waals surface area contributed by atoms with E-state index in [9.17, 15) is 0 Å². The van der Waals surface area contributed by atoms with Gasteiger partial charge in [0.1, 0.15) is 5.82 Å². The van der Waals surface area contributed by atoms with Crippen LogP contribution in [0.2, 0.25) is 0 Å². The molecule has 1 aromatic heterocycles. The third kappa shape index (κ3) is 3.95. The topological polar surface area (TPSA) is 29.9 Å². The number of nitrogens with one attached hydrogen (secondary N) is 1. The summed E-state index contributed by atoms with van der Waals surface area (Å²) in [5, 5.41) is 3.65. The van der Waals surface area contributed by atoms with Gasteiger partial charge in [0.15, 0.2) is 0 Å². The van der Waals surface area contributed by atoms with Gasteiger partial charge in [0.05, 0.1) is 6.04 Å². The number of aryl methyl sites for hydroxylation is 2. The monoisotopic (exact) mass is 349 g/mol. The zero-order valence-electron chi connectivity index (χ0n) is 13.1. The highest BCUT2D eigenvalue weighted by Crippen LogP contribution is 2.27. The van der Waals surface area contributed by atoms with Gasteiger partial charge in [-0.3, -0.25) is 0 Å². The van der Waals surface area contributed by atoms with Gasteiger partial charge in [-0.2, -0.15) is 0 Å². The standard InChI is InChI=1S/C17H24BrN3/c1-4-8-19-16(15-12-14(18)7-6-13(15)3)17-20-9-11-21(17)10-5-2/h6-7,9,11-12,16,19H,4-5,8,10H2,1-3H3. The van der Waals surface area contributed by atoms with Gasteiger partial charge in [0.25, 0.3) is 0 Å². The van der Waals surface area contributed by atoms with Crippen LogP contribution in [0.5, 0.6) is 0 Å². The Morgan fingerprint density at radius 3 is 2.81 bits per heavy atom. The van der Waals surface area contributed by atoms with E-state index in [1.165, 1.54) is 11.1 Å². The molecule has 0 saturated heterocycles. The zero-order chi connectivity index (χ0) is 15.2. The molecule has 0 spiro atoms. The summed E-state index contributed by atoms with van der Waals surface area (Å²) in [6.45, 7) is 8.54. The molecule has 1 heterocycles. The van der Waals surface area contributed by atoms with Crippen molar-refractivity contribution in [1.82, 2.24) is 14.9 Å². The van der Waals surface area contributed by atoms with E-state index in [0.717, 1.165) is 36.2 Å². The van der Waals surface area contributed by atoms with Crippen molar-refractivity contribution in [2.24, 2.45) is 0 Å². The largest absolute Gasteiger partial charge is 0.333 e. The van der Waals surface area contributed by atoms with Crippen LogP contribution in [0.1, 0.15) is 49.7 Å². The van der Waals surface area contributed by atoms with Crippen LogP contribution in [0, 0.1) is 6.92 Å². The number of nitrogens with zero attached hydrogens (tertiary/aromatic N) is 2. The SMILES string of the molecule is CCCNC(c1cc(Br)ccc1C)c1nccn1CCC. The second-order valence-electron chi connectivity index (χ2n) is 5.37. The highest BCUT2D eigenvalue weighted by atomic mass is 79.9. The summed E-state index contributed by atoms with van der Waals surface area (Å²) in [5.74, 6) is 1.10. The van der Waals surface area contributed by atoms with E-state index in [0.29, 0.717) is 0 Å². The van der Waals surface area contributed by atoms with E-state index >= 15 is 0 Å². The molecule has 2 aromatic rings. The molecule has 0 saturated carbocycles. The van der Waals surface area contributed by atoms with Gasteiger partial charge in [-0.1, -0.05) is 35.8 Å². The van der Waals surface area contributed by atoms with Crippen molar-refractivity contribution in [1.29, 1.82) is 0 Å². The number of imidazole rings is 1. The van der Waals surface area contributed by atoms with Crippen molar-refractivity contribution >= 4 is 15.9 Å². The Morgan fingerprint density at radius 2 is 2.10 bits per heavy atom. The van der Waals surface area contributed by atoms with Crippen molar-refractivity contribution < 1.29 is 0 Å². The maximum absolute atomic E-state index is 4.62. The first-order valence-electron chi connectivity index (χ1n) is 7.67. The first-order valence-corrected chi connectivity index (χ1v) is 8.47. The van der Waals surface area contributed by atoms with Crippen molar-refractivity contribution in [2.75, 3.05) is 6.54 Å². The molecule has 0 fully saturated rings. The third-order valence-corrected chi connectivity index (χ3v) is 4.11. The van der Waals surface area contributed by atoms with E-state index in [4.69, 9.17) is 0 Å². The van der Waals surface area contributed by atoms with Gasteiger partial charge in [0, 0.05) is 23.4 Å². The van der Waals surface area contributed by atoms with Crippen molar-refractivity contribution in [3.63, 3.8) is 0 Å². The normalized spacial score (nSPS) is 12.6. The van der Waals surface area contributed by atoms with Crippen LogP contribution < -0.4 is 5.32 Å². The molecule has 0 radical (unpaired) electrons. The van der Waals surface area contributed by atoms with Gasteiger partial charge in [-0.25, -0.2) is 4.98 Å². The molecule has 4 heteroatoms. The molecule has 21 heavy (non-hydrogen) atoms. The minimum absolute atomic E-state index is 0.143. The fourth-order valence-corrected chi connectivity index (χ4v) is 2.94. The summed E-state index contributed by atoms with van der Waals surface area (Å²) in [7, 11) is 0. The lowest BCUT2D eigenvalue weighted by Crippen LogP contribution is -2.27. The molecule has 0 aliphatic carbocycles. The summed E-state index contributed by atoms with van der Waals surface area (Å²) in [6, 6.07) is 6.60. The van der Waals surface area contributed by atoms with Crippen LogP contribution in [0.25, 0.3) is 0 Å². The summed E-state index contributed by atoms with van der Waals surface area (Å²) < 4.78 is 3.37. The molecule has 1 N–H and O–H groups in total. The van der Waals surface area contributed by atoms with Gasteiger partial charge in [0.2, 0.25) is 0 Å². The van der Waals surface area contributed by atoms with E-state index < -0.39 is 0 Å². The van der Waals surface area contributed by atoms with Crippen LogP contribution in [0.3, 0.4) is 0 Å². The third-order valence-electron chi connectivity index (χ3n) is 3.62. The minimum atomic E-state index is 0.143. The Labute approximate surface area is 135 Å². The van der Waals surface area contributed by atoms with Crippen LogP contribution in [-0.4, -0.2) is 16.1 Å². The molecular formula is C17H24BrN3. The van der Waals surface area contributed by atoms with Gasteiger partial charge in [-0.15, -0.1) is 0 Å². The number of aromatic nitrogens is 2. The summed E-state index contributed by atoms with van der Waals surface area (Å²) in [4.78, 5) is 4.62. The van der Waals surface area contributed by atoms with Gasteiger partial charge in [-0.05, 0) is 49.6 Å². The molecule has 0 aliphatic heterocycles. The number of rotatable bonds is 7. The van der Waals surface area contributed by atoms with E-state index in [-0.39, 0.29) is 6.04 Å². The highest BCUT2D eigenvalue weighted by Gasteiger charge is 2.20. The first kappa shape index (κ1) is 16.2. The minimum Gasteiger partial charge on any atom is -0.333 e. The predicted molar refractivity (Wildman–Crippen MR) is 91.5 cm³/mol. The number of benzene rings is 1. The summed E-state index contributed by atoms with van der Waals surface area (Å²) in [5.41, 5.74) is 2.58. The van der Waals surface area contributed by atoms with Crippen molar-refractivity contribution in [3.8, 4) is 0 Å². The van der Waals surface area contributed by atoms with Crippen LogP contribution >= 0.6 is 15.9 Å². The first-order chi connectivity index (χ1) is 10.2. The summed E-state index contributed by atoms with van der Waals surface area (Å²) >= 11 is 3.59. The molecular weight excluding hydrogens is 326 g/mol. The Kier molecular flexibility index (Phi) is 6.00. The molecule has 2 rings (SSSR count). The fraction of sp³-hybridized carbons (Fsp3) is 0.471. The molecule has 0 aliphatic rings. The Balaban J connectivity index is 2.42. The molecule has 114 valence electrons. The maximum Gasteiger partial charge on any atom is 0.130 e. The zero-order valence-corrected chi connectivity index (χ0v) is 14.7. The molecule has 1 aromatic carbocycles. The average Bonchev–Trinajstić information content (AvgIpc) is 2.92. The maximum atomic E-state index is 4.62. The quantitative estimate of drug-likeness (QED) is 0.799. The number of hydrogen-bond acceptors (Lipinski definition) is 2. The highest BCUT2D eigenvalue weighted by molar-refractivity contribution is 9.10. The molecule has 1 atom stereocenters. The van der Waals surface area contributed by atoms with Crippen molar-refractivity contribution in [2.45, 2.75) is 46.2 Å². The Bertz CT molecular complexity index is 577. The fourth-order valence-electron chi connectivity index (χ4n) is 2.56. The van der Waals surface area contributed by atoms with E-state index in [2.05, 4.69) is 76.0 Å². The average molecular weight is 350 g/mol. The lowest BCUT2D eigenvalue weighted by atomic mass is 10.0. The predicted octanol–water partition coefficient (Wildman–Crippen LogP) is 4.45. The smallest absolute Gasteiger partial charge is 0.130 e. The Hall–Kier alpha value is -1.13. The van der Waals surface area contributed by atoms with Crippen LogP contribution in [0.4, 0.5) is 0 Å². The van der Waals surface area contributed by atoms with E-state index in [1.54, 1.807) is 0 Å². The van der Waals surface area contributed by atoms with Crippen molar-refractivity contribution in [3.05, 3.63) is 52.0 Å². The second kappa shape index (κ2) is 7.76. The lowest BCUT2D eigenvalue weighted by molar-refractivity contribution is 0.528. The second-order valence-corrected chi connectivity index (χ2v) is 6.28.